The summed E-state index contributed by atoms with van der Waals surface area (Å²) in [5.74, 6) is -1.41. The van der Waals surface area contributed by atoms with Crippen LogP contribution in [0.3, 0.4) is 0 Å². The van der Waals surface area contributed by atoms with E-state index in [2.05, 4.69) is 10.6 Å². The van der Waals surface area contributed by atoms with Crippen LogP contribution in [0.1, 0.15) is 27.1 Å². The predicted octanol–water partition coefficient (Wildman–Crippen LogP) is 3.81. The first-order valence-electron chi connectivity index (χ1n) is 8.86. The van der Waals surface area contributed by atoms with Crippen molar-refractivity contribution in [3.8, 4) is 11.1 Å². The lowest BCUT2D eigenvalue weighted by molar-refractivity contribution is 0.0952. The number of nitrogens with one attached hydrogen (secondary N) is 3. The summed E-state index contributed by atoms with van der Waals surface area (Å²) in [6, 6.07) is 9.61. The van der Waals surface area contributed by atoms with E-state index in [9.17, 15) is 9.59 Å². The van der Waals surface area contributed by atoms with Crippen molar-refractivity contribution in [2.24, 2.45) is 5.73 Å². The van der Waals surface area contributed by atoms with Crippen LogP contribution in [0, 0.1) is 5.41 Å². The predicted molar refractivity (Wildman–Crippen MR) is 131 cm³/mol. The van der Waals surface area contributed by atoms with Crippen molar-refractivity contribution >= 4 is 65.8 Å². The molecule has 0 saturated carbocycles. The molecule has 170 valence electrons. The fourth-order valence-electron chi connectivity index (χ4n) is 2.66. The third-order valence-corrected chi connectivity index (χ3v) is 4.58. The van der Waals surface area contributed by atoms with Gasteiger partial charge in [0.15, 0.2) is 5.96 Å². The van der Waals surface area contributed by atoms with Crippen LogP contribution in [0.4, 0.5) is 0 Å². The highest BCUT2D eigenvalue weighted by Crippen LogP contribution is 2.32. The zero-order valence-corrected chi connectivity index (χ0v) is 20.1. The Labute approximate surface area is 204 Å². The Morgan fingerprint density at radius 2 is 1.65 bits per heavy atom. The minimum Gasteiger partial charge on any atom is -0.370 e. The topological polar surface area (TPSA) is 111 Å². The van der Waals surface area contributed by atoms with Gasteiger partial charge in [0.25, 0.3) is 11.8 Å². The smallest absolute Gasteiger partial charge is 0.257 e. The molecule has 7 nitrogen and oxygen atoms in total. The summed E-state index contributed by atoms with van der Waals surface area (Å²) in [6.07, 6.45) is 0.788. The number of hydrogen-bond donors (Lipinski definition) is 4. The second-order valence-electron chi connectivity index (χ2n) is 6.70. The number of nitrogens with zero attached hydrogens (tertiary/aromatic N) is 1. The van der Waals surface area contributed by atoms with Gasteiger partial charge in [0, 0.05) is 33.3 Å². The van der Waals surface area contributed by atoms with Crippen molar-refractivity contribution in [1.82, 2.24) is 15.5 Å². The lowest BCUT2D eigenvalue weighted by atomic mass is 9.98. The van der Waals surface area contributed by atoms with Gasteiger partial charge in [-0.25, -0.2) is 0 Å². The highest BCUT2D eigenvalue weighted by atomic mass is 35.5. The van der Waals surface area contributed by atoms with E-state index in [0.717, 1.165) is 13.0 Å². The quantitative estimate of drug-likeness (QED) is 0.259. The normalized spacial score (nSPS) is 9.97. The molecule has 11 heteroatoms. The largest absolute Gasteiger partial charge is 0.370 e. The first kappa shape index (κ1) is 29.0. The van der Waals surface area contributed by atoms with Crippen molar-refractivity contribution < 1.29 is 9.59 Å². The second-order valence-corrected chi connectivity index (χ2v) is 7.55. The van der Waals surface area contributed by atoms with E-state index in [-0.39, 0.29) is 41.8 Å². The van der Waals surface area contributed by atoms with Crippen LogP contribution in [0.15, 0.2) is 36.4 Å². The maximum atomic E-state index is 12.6. The zero-order valence-electron chi connectivity index (χ0n) is 17.0. The fourth-order valence-corrected chi connectivity index (χ4v) is 3.06. The highest BCUT2D eigenvalue weighted by Gasteiger charge is 2.16. The molecule has 0 bridgehead atoms. The Bertz CT molecular complexity index is 938. The molecule has 0 unspecified atom stereocenters. The van der Waals surface area contributed by atoms with Crippen molar-refractivity contribution in [2.75, 3.05) is 27.2 Å². The van der Waals surface area contributed by atoms with Gasteiger partial charge in [-0.3, -0.25) is 20.3 Å². The number of amides is 2. The van der Waals surface area contributed by atoms with Gasteiger partial charge in [0.1, 0.15) is 0 Å². The Morgan fingerprint density at radius 3 is 2.23 bits per heavy atom. The van der Waals surface area contributed by atoms with Crippen LogP contribution < -0.4 is 16.4 Å². The highest BCUT2D eigenvalue weighted by molar-refractivity contribution is 6.35. The van der Waals surface area contributed by atoms with E-state index in [1.54, 1.807) is 30.3 Å². The molecular formula is C20H25Cl4N5O2. The summed E-state index contributed by atoms with van der Waals surface area (Å²) in [6.45, 7) is 1.33. The molecule has 0 saturated heterocycles. The van der Waals surface area contributed by atoms with Gasteiger partial charge < -0.3 is 16.0 Å². The Hall–Kier alpha value is -2.03. The van der Waals surface area contributed by atoms with Crippen LogP contribution in [0.2, 0.25) is 10.0 Å². The zero-order chi connectivity index (χ0) is 21.6. The summed E-state index contributed by atoms with van der Waals surface area (Å²) in [5, 5.41) is 13.2. The number of benzene rings is 2. The van der Waals surface area contributed by atoms with E-state index in [1.807, 2.05) is 19.0 Å². The van der Waals surface area contributed by atoms with Crippen molar-refractivity contribution in [2.45, 2.75) is 6.42 Å². The molecule has 0 heterocycles. The lowest BCUT2D eigenvalue weighted by Gasteiger charge is -2.13. The summed E-state index contributed by atoms with van der Waals surface area (Å²) in [5.41, 5.74) is 6.85. The number of rotatable bonds is 7. The molecule has 0 aromatic heterocycles. The second kappa shape index (κ2) is 13.4. The fraction of sp³-hybridized carbons (Fsp3) is 0.250. The summed E-state index contributed by atoms with van der Waals surface area (Å²) < 4.78 is 0. The molecule has 0 aliphatic rings. The molecule has 2 aromatic carbocycles. The molecule has 0 aliphatic carbocycles. The van der Waals surface area contributed by atoms with Gasteiger partial charge >= 0.3 is 0 Å². The van der Waals surface area contributed by atoms with E-state index in [1.165, 1.54) is 6.07 Å². The van der Waals surface area contributed by atoms with Crippen LogP contribution in [-0.4, -0.2) is 49.9 Å². The number of halogens is 4. The van der Waals surface area contributed by atoms with E-state index >= 15 is 0 Å². The monoisotopic (exact) mass is 507 g/mol. The van der Waals surface area contributed by atoms with Crippen LogP contribution in [0.5, 0.6) is 0 Å². The Kier molecular flexibility index (Phi) is 12.5. The molecule has 2 rings (SSSR count). The first-order chi connectivity index (χ1) is 13.7. The summed E-state index contributed by atoms with van der Waals surface area (Å²) in [7, 11) is 3.92. The number of carbonyl (C=O) groups is 2. The van der Waals surface area contributed by atoms with Crippen LogP contribution in [0.25, 0.3) is 11.1 Å². The Balaban J connectivity index is 0.00000450. The van der Waals surface area contributed by atoms with Gasteiger partial charge in [-0.05, 0) is 69.0 Å². The molecule has 0 fully saturated rings. The molecule has 0 radical (unpaired) electrons. The summed E-state index contributed by atoms with van der Waals surface area (Å²) in [4.78, 5) is 27.0. The average molecular weight is 509 g/mol. The standard InChI is InChI=1S/C20H23Cl2N5O2.2ClH/c1-27(2)7-3-6-25-18(28)13-8-12(16-11-15(21)4-5-17(16)22)9-14(10-13)19(29)26-20(23)24;;/h4-5,8-11H,3,6-7H2,1-2H3,(H,25,28)(H4,23,24,26,29);2*1H. The molecule has 2 amide bonds. The summed E-state index contributed by atoms with van der Waals surface area (Å²) >= 11 is 12.4. The molecular weight excluding hydrogens is 484 g/mol. The maximum absolute atomic E-state index is 12.6. The number of carbonyl (C=O) groups excluding carboxylic acids is 2. The molecule has 2 aromatic rings. The van der Waals surface area contributed by atoms with Crippen molar-refractivity contribution in [3.05, 3.63) is 57.6 Å². The van der Waals surface area contributed by atoms with Gasteiger partial charge in [0.2, 0.25) is 0 Å². The molecule has 5 N–H and O–H groups in total. The number of hydrogen-bond acceptors (Lipinski definition) is 4. The molecule has 0 atom stereocenters. The third kappa shape index (κ3) is 8.93. The van der Waals surface area contributed by atoms with Gasteiger partial charge in [-0.1, -0.05) is 23.2 Å². The van der Waals surface area contributed by atoms with Crippen molar-refractivity contribution in [1.29, 1.82) is 5.41 Å². The SMILES string of the molecule is CN(C)CCCNC(=O)c1cc(C(=O)NC(=N)N)cc(-c2cc(Cl)ccc2Cl)c1.Cl.Cl. The maximum Gasteiger partial charge on any atom is 0.257 e. The number of nitrogens with two attached hydrogens (primary N) is 1. The lowest BCUT2D eigenvalue weighted by Crippen LogP contribution is -2.36. The third-order valence-electron chi connectivity index (χ3n) is 4.01. The van der Waals surface area contributed by atoms with Gasteiger partial charge in [-0.15, -0.1) is 24.8 Å². The van der Waals surface area contributed by atoms with Crippen LogP contribution in [-0.2, 0) is 0 Å². The van der Waals surface area contributed by atoms with E-state index < -0.39 is 11.9 Å². The number of guanidine groups is 1. The van der Waals surface area contributed by atoms with Crippen LogP contribution >= 0.6 is 48.0 Å². The first-order valence-corrected chi connectivity index (χ1v) is 9.62. The van der Waals surface area contributed by atoms with Gasteiger partial charge in [-0.2, -0.15) is 0 Å². The minimum atomic E-state index is -0.598. The minimum absolute atomic E-state index is 0. The molecule has 0 spiro atoms. The molecule has 0 aliphatic heterocycles. The average Bonchev–Trinajstić information content (AvgIpc) is 2.65. The van der Waals surface area contributed by atoms with E-state index in [0.29, 0.717) is 27.7 Å². The molecule has 31 heavy (non-hydrogen) atoms. The Morgan fingerprint density at radius 1 is 1.03 bits per heavy atom. The van der Waals surface area contributed by atoms with Crippen molar-refractivity contribution in [3.63, 3.8) is 0 Å². The van der Waals surface area contributed by atoms with Gasteiger partial charge in [0.05, 0.1) is 0 Å². The van der Waals surface area contributed by atoms with E-state index in [4.69, 9.17) is 34.3 Å².